The molecule has 2 aromatic rings. The Morgan fingerprint density at radius 3 is 2.53 bits per heavy atom. The SMILES string of the molecule is CCOc1c(N)cccc1C(=O)c1ccc(Cl)cc1. The van der Waals surface area contributed by atoms with Crippen LogP contribution in [0, 0.1) is 0 Å². The Kier molecular flexibility index (Phi) is 4.07. The average molecular weight is 276 g/mol. The quantitative estimate of drug-likeness (QED) is 0.686. The Labute approximate surface area is 117 Å². The highest BCUT2D eigenvalue weighted by Gasteiger charge is 2.16. The van der Waals surface area contributed by atoms with Gasteiger partial charge >= 0.3 is 0 Å². The molecule has 0 aromatic heterocycles. The summed E-state index contributed by atoms with van der Waals surface area (Å²) in [5.74, 6) is 0.303. The van der Waals surface area contributed by atoms with Crippen LogP contribution in [0.1, 0.15) is 22.8 Å². The van der Waals surface area contributed by atoms with E-state index >= 15 is 0 Å². The molecule has 19 heavy (non-hydrogen) atoms. The summed E-state index contributed by atoms with van der Waals surface area (Å²) in [5, 5.41) is 0.592. The number of carbonyl (C=O) groups excluding carboxylic acids is 1. The minimum atomic E-state index is -0.132. The molecule has 3 nitrogen and oxygen atoms in total. The molecular formula is C15H14ClNO2. The van der Waals surface area contributed by atoms with E-state index in [0.29, 0.717) is 34.2 Å². The van der Waals surface area contributed by atoms with E-state index in [0.717, 1.165) is 0 Å². The number of nitrogen functional groups attached to an aromatic ring is 1. The third-order valence-electron chi connectivity index (χ3n) is 2.69. The Hall–Kier alpha value is -2.00. The molecule has 0 unspecified atom stereocenters. The molecule has 0 fully saturated rings. The fraction of sp³-hybridized carbons (Fsp3) is 0.133. The molecule has 0 aliphatic heterocycles. The summed E-state index contributed by atoms with van der Waals surface area (Å²) in [4.78, 5) is 12.4. The van der Waals surface area contributed by atoms with Crippen LogP contribution < -0.4 is 10.5 Å². The van der Waals surface area contributed by atoms with Crippen molar-refractivity contribution in [2.45, 2.75) is 6.92 Å². The van der Waals surface area contributed by atoms with Crippen LogP contribution >= 0.6 is 11.6 Å². The zero-order valence-electron chi connectivity index (χ0n) is 10.5. The lowest BCUT2D eigenvalue weighted by atomic mass is 10.0. The van der Waals surface area contributed by atoms with Gasteiger partial charge in [0.05, 0.1) is 17.9 Å². The highest BCUT2D eigenvalue weighted by molar-refractivity contribution is 6.30. The Balaban J connectivity index is 2.43. The standard InChI is InChI=1S/C15H14ClNO2/c1-2-19-15-12(4-3-5-13(15)17)14(18)10-6-8-11(16)9-7-10/h3-9H,2,17H2,1H3. The maximum Gasteiger partial charge on any atom is 0.196 e. The van der Waals surface area contributed by atoms with Crippen molar-refractivity contribution in [3.63, 3.8) is 0 Å². The van der Waals surface area contributed by atoms with Crippen LogP contribution in [-0.2, 0) is 0 Å². The number of ether oxygens (including phenoxy) is 1. The van der Waals surface area contributed by atoms with Gasteiger partial charge in [0.2, 0.25) is 0 Å². The van der Waals surface area contributed by atoms with Gasteiger partial charge in [0, 0.05) is 10.6 Å². The lowest BCUT2D eigenvalue weighted by Crippen LogP contribution is -2.07. The number of nitrogens with two attached hydrogens (primary N) is 1. The van der Waals surface area contributed by atoms with Gasteiger partial charge in [0.15, 0.2) is 11.5 Å². The van der Waals surface area contributed by atoms with Crippen LogP contribution in [0.5, 0.6) is 5.75 Å². The first-order valence-electron chi connectivity index (χ1n) is 5.95. The zero-order chi connectivity index (χ0) is 13.8. The lowest BCUT2D eigenvalue weighted by molar-refractivity contribution is 0.103. The van der Waals surface area contributed by atoms with Crippen molar-refractivity contribution in [3.05, 3.63) is 58.6 Å². The van der Waals surface area contributed by atoms with E-state index in [4.69, 9.17) is 22.1 Å². The molecule has 0 saturated carbocycles. The van der Waals surface area contributed by atoms with E-state index in [9.17, 15) is 4.79 Å². The molecule has 0 radical (unpaired) electrons. The molecule has 0 spiro atoms. The van der Waals surface area contributed by atoms with Gasteiger partial charge in [-0.15, -0.1) is 0 Å². The highest BCUT2D eigenvalue weighted by atomic mass is 35.5. The molecule has 0 atom stereocenters. The van der Waals surface area contributed by atoms with Gasteiger partial charge < -0.3 is 10.5 Å². The van der Waals surface area contributed by atoms with Gasteiger partial charge in [-0.1, -0.05) is 17.7 Å². The van der Waals surface area contributed by atoms with Gasteiger partial charge in [-0.25, -0.2) is 0 Å². The summed E-state index contributed by atoms with van der Waals surface area (Å²) in [7, 11) is 0. The van der Waals surface area contributed by atoms with Gasteiger partial charge in [-0.3, -0.25) is 4.79 Å². The molecule has 2 rings (SSSR count). The second-order valence-corrected chi connectivity index (χ2v) is 4.43. The van der Waals surface area contributed by atoms with Crippen molar-refractivity contribution in [2.75, 3.05) is 12.3 Å². The molecule has 2 aromatic carbocycles. The second kappa shape index (κ2) is 5.76. The van der Waals surface area contributed by atoms with E-state index in [1.807, 2.05) is 6.92 Å². The third kappa shape index (κ3) is 2.88. The van der Waals surface area contributed by atoms with Gasteiger partial charge in [0.25, 0.3) is 0 Å². The Morgan fingerprint density at radius 2 is 1.89 bits per heavy atom. The third-order valence-corrected chi connectivity index (χ3v) is 2.94. The van der Waals surface area contributed by atoms with Crippen LogP contribution in [0.25, 0.3) is 0 Å². The molecule has 0 heterocycles. The molecule has 2 N–H and O–H groups in total. The van der Waals surface area contributed by atoms with Gasteiger partial charge in [-0.2, -0.15) is 0 Å². The maximum atomic E-state index is 12.4. The van der Waals surface area contributed by atoms with Gasteiger partial charge in [-0.05, 0) is 43.3 Å². The molecule has 0 amide bonds. The summed E-state index contributed by atoms with van der Waals surface area (Å²) in [6, 6.07) is 11.9. The minimum Gasteiger partial charge on any atom is -0.491 e. The molecule has 0 bridgehead atoms. The lowest BCUT2D eigenvalue weighted by Gasteiger charge is -2.11. The van der Waals surface area contributed by atoms with Crippen molar-refractivity contribution in [3.8, 4) is 5.75 Å². The first-order valence-corrected chi connectivity index (χ1v) is 6.33. The minimum absolute atomic E-state index is 0.132. The zero-order valence-corrected chi connectivity index (χ0v) is 11.3. The van der Waals surface area contributed by atoms with Crippen molar-refractivity contribution in [2.24, 2.45) is 0 Å². The van der Waals surface area contributed by atoms with Crippen LogP contribution in [-0.4, -0.2) is 12.4 Å². The summed E-state index contributed by atoms with van der Waals surface area (Å²) < 4.78 is 5.46. The Morgan fingerprint density at radius 1 is 1.21 bits per heavy atom. The molecule has 98 valence electrons. The van der Waals surface area contributed by atoms with Crippen molar-refractivity contribution >= 4 is 23.1 Å². The van der Waals surface area contributed by atoms with E-state index in [2.05, 4.69) is 0 Å². The smallest absolute Gasteiger partial charge is 0.196 e. The first kappa shape index (κ1) is 13.4. The number of benzene rings is 2. The number of hydrogen-bond acceptors (Lipinski definition) is 3. The predicted octanol–water partition coefficient (Wildman–Crippen LogP) is 3.55. The number of hydrogen-bond donors (Lipinski definition) is 1. The number of rotatable bonds is 4. The second-order valence-electron chi connectivity index (χ2n) is 3.99. The first-order chi connectivity index (χ1) is 9.13. The number of anilines is 1. The van der Waals surface area contributed by atoms with Crippen molar-refractivity contribution in [1.82, 2.24) is 0 Å². The molecule has 0 aliphatic rings. The number of halogens is 1. The predicted molar refractivity (Wildman–Crippen MR) is 76.9 cm³/mol. The Bertz CT molecular complexity index is 594. The largest absolute Gasteiger partial charge is 0.491 e. The number of carbonyl (C=O) groups is 1. The summed E-state index contributed by atoms with van der Waals surface area (Å²) in [5.41, 5.74) is 7.32. The number of para-hydroxylation sites is 1. The molecule has 0 aliphatic carbocycles. The fourth-order valence-electron chi connectivity index (χ4n) is 1.80. The summed E-state index contributed by atoms with van der Waals surface area (Å²) in [6.45, 7) is 2.30. The molecule has 0 saturated heterocycles. The van der Waals surface area contributed by atoms with Crippen LogP contribution in [0.2, 0.25) is 5.02 Å². The van der Waals surface area contributed by atoms with E-state index in [1.54, 1.807) is 42.5 Å². The summed E-state index contributed by atoms with van der Waals surface area (Å²) >= 11 is 5.81. The van der Waals surface area contributed by atoms with Crippen molar-refractivity contribution in [1.29, 1.82) is 0 Å². The van der Waals surface area contributed by atoms with Gasteiger partial charge in [0.1, 0.15) is 0 Å². The fourth-order valence-corrected chi connectivity index (χ4v) is 1.92. The maximum absolute atomic E-state index is 12.4. The van der Waals surface area contributed by atoms with Crippen LogP contribution in [0.15, 0.2) is 42.5 Å². The van der Waals surface area contributed by atoms with E-state index < -0.39 is 0 Å². The van der Waals surface area contributed by atoms with E-state index in [-0.39, 0.29) is 5.78 Å². The molecule has 4 heteroatoms. The molecular weight excluding hydrogens is 262 g/mol. The normalized spacial score (nSPS) is 10.2. The number of ketones is 1. The summed E-state index contributed by atoms with van der Waals surface area (Å²) in [6.07, 6.45) is 0. The monoisotopic (exact) mass is 275 g/mol. The van der Waals surface area contributed by atoms with E-state index in [1.165, 1.54) is 0 Å². The highest BCUT2D eigenvalue weighted by Crippen LogP contribution is 2.28. The van der Waals surface area contributed by atoms with Crippen LogP contribution in [0.4, 0.5) is 5.69 Å². The van der Waals surface area contributed by atoms with Crippen LogP contribution in [0.3, 0.4) is 0 Å². The average Bonchev–Trinajstić information content (AvgIpc) is 2.41. The van der Waals surface area contributed by atoms with Crippen molar-refractivity contribution < 1.29 is 9.53 Å². The topological polar surface area (TPSA) is 52.3 Å².